The fourth-order valence-electron chi connectivity index (χ4n) is 3.64. The molecule has 0 bridgehead atoms. The van der Waals surface area contributed by atoms with Crippen LogP contribution >= 0.6 is 12.4 Å². The van der Waals surface area contributed by atoms with Crippen LogP contribution < -0.4 is 19.8 Å². The van der Waals surface area contributed by atoms with Crippen molar-refractivity contribution in [1.29, 1.82) is 5.41 Å². The van der Waals surface area contributed by atoms with Gasteiger partial charge in [0.25, 0.3) is 0 Å². The standard InChI is InChI=1S/C24H33N5O5.ClH/c1-8-33-22-15(3)14(2)21-26-28(23(25)29(21)27-22)13-18(31)16-11-17(24(4,5)6)20(32-7)19(12-16)34-10-9-30;/h11-12,25,30H,8-10,13H2,1-7H3;1H. The lowest BCUT2D eigenvalue weighted by molar-refractivity contribution is 0.0964. The lowest BCUT2D eigenvalue weighted by Gasteiger charge is -2.25. The number of Topliss-reactive ketones (excluding diaryl/α,β-unsaturated/α-hetero) is 1. The Morgan fingerprint density at radius 2 is 1.83 bits per heavy atom. The summed E-state index contributed by atoms with van der Waals surface area (Å²) in [5.41, 5.74) is 3.01. The van der Waals surface area contributed by atoms with Crippen molar-refractivity contribution in [2.24, 2.45) is 0 Å². The highest BCUT2D eigenvalue weighted by Crippen LogP contribution is 2.40. The summed E-state index contributed by atoms with van der Waals surface area (Å²) in [5, 5.41) is 26.6. The molecule has 3 rings (SSSR count). The molecule has 0 aliphatic rings. The maximum absolute atomic E-state index is 13.3. The lowest BCUT2D eigenvalue weighted by Crippen LogP contribution is -2.27. The minimum atomic E-state index is -0.329. The summed E-state index contributed by atoms with van der Waals surface area (Å²) in [7, 11) is 1.55. The van der Waals surface area contributed by atoms with Gasteiger partial charge in [-0.3, -0.25) is 10.2 Å². The molecule has 2 aromatic heterocycles. The number of rotatable bonds is 9. The van der Waals surface area contributed by atoms with Crippen LogP contribution in [-0.4, -0.2) is 57.2 Å². The number of aliphatic hydroxyl groups excluding tert-OH is 1. The van der Waals surface area contributed by atoms with Crippen LogP contribution in [0.2, 0.25) is 0 Å². The molecule has 2 N–H and O–H groups in total. The number of nitrogens with one attached hydrogen (secondary N) is 1. The zero-order valence-corrected chi connectivity index (χ0v) is 22.1. The molecular weight excluding hydrogens is 474 g/mol. The van der Waals surface area contributed by atoms with Crippen LogP contribution in [0.4, 0.5) is 0 Å². The first-order valence-electron chi connectivity index (χ1n) is 11.2. The molecule has 0 radical (unpaired) electrons. The first kappa shape index (κ1) is 28.1. The van der Waals surface area contributed by atoms with E-state index in [4.69, 9.17) is 19.6 Å². The normalized spacial score (nSPS) is 11.3. The summed E-state index contributed by atoms with van der Waals surface area (Å²) in [6, 6.07) is 3.39. The van der Waals surface area contributed by atoms with Gasteiger partial charge in [-0.1, -0.05) is 20.8 Å². The summed E-state index contributed by atoms with van der Waals surface area (Å²) >= 11 is 0. The van der Waals surface area contributed by atoms with E-state index in [1.165, 1.54) is 9.20 Å². The van der Waals surface area contributed by atoms with Gasteiger partial charge in [0, 0.05) is 22.3 Å². The third-order valence-electron chi connectivity index (χ3n) is 5.58. The number of methoxy groups -OCH3 is 1. The van der Waals surface area contributed by atoms with Gasteiger partial charge >= 0.3 is 0 Å². The van der Waals surface area contributed by atoms with E-state index in [9.17, 15) is 9.90 Å². The van der Waals surface area contributed by atoms with Gasteiger partial charge in [-0.15, -0.1) is 22.6 Å². The van der Waals surface area contributed by atoms with Crippen LogP contribution in [0.3, 0.4) is 0 Å². The van der Waals surface area contributed by atoms with Crippen LogP contribution in [0.25, 0.3) is 5.65 Å². The molecule has 192 valence electrons. The molecule has 2 heterocycles. The van der Waals surface area contributed by atoms with Gasteiger partial charge in [-0.25, -0.2) is 4.68 Å². The molecule has 3 aromatic rings. The average molecular weight is 508 g/mol. The third-order valence-corrected chi connectivity index (χ3v) is 5.58. The highest BCUT2D eigenvalue weighted by molar-refractivity contribution is 5.97. The second-order valence-electron chi connectivity index (χ2n) is 9.01. The topological polar surface area (TPSA) is 124 Å². The number of hydrogen-bond donors (Lipinski definition) is 2. The van der Waals surface area contributed by atoms with Gasteiger partial charge in [0.05, 0.1) is 20.3 Å². The number of ketones is 1. The zero-order valence-electron chi connectivity index (χ0n) is 21.3. The fourth-order valence-corrected chi connectivity index (χ4v) is 3.64. The number of carbonyl (C=O) groups excluding carboxylic acids is 1. The smallest absolute Gasteiger partial charge is 0.242 e. The summed E-state index contributed by atoms with van der Waals surface area (Å²) < 4.78 is 19.5. The van der Waals surface area contributed by atoms with Crippen molar-refractivity contribution >= 4 is 23.8 Å². The average Bonchev–Trinajstić information content (AvgIpc) is 3.09. The van der Waals surface area contributed by atoms with Crippen LogP contribution in [0.15, 0.2) is 12.1 Å². The van der Waals surface area contributed by atoms with Crippen LogP contribution in [-0.2, 0) is 12.0 Å². The van der Waals surface area contributed by atoms with Gasteiger partial charge in [-0.2, -0.15) is 4.52 Å². The molecule has 10 nitrogen and oxygen atoms in total. The predicted molar refractivity (Wildman–Crippen MR) is 133 cm³/mol. The molecular formula is C24H34ClN5O5. The predicted octanol–water partition coefficient (Wildman–Crippen LogP) is 3.01. The largest absolute Gasteiger partial charge is 0.493 e. The molecule has 1 aromatic carbocycles. The Hall–Kier alpha value is -3.11. The number of nitrogens with zero attached hydrogens (tertiary/aromatic N) is 4. The Morgan fingerprint density at radius 1 is 1.14 bits per heavy atom. The van der Waals surface area contributed by atoms with Crippen molar-refractivity contribution in [1.82, 2.24) is 19.4 Å². The second kappa shape index (κ2) is 11.1. The molecule has 0 spiro atoms. The maximum Gasteiger partial charge on any atom is 0.242 e. The number of halogens is 1. The minimum absolute atomic E-state index is 0. The third kappa shape index (κ3) is 5.59. The molecule has 0 atom stereocenters. The number of carbonyl (C=O) groups is 1. The molecule has 0 fully saturated rings. The Balaban J connectivity index is 0.00000432. The van der Waals surface area contributed by atoms with Crippen molar-refractivity contribution in [3.8, 4) is 17.4 Å². The van der Waals surface area contributed by atoms with E-state index in [2.05, 4.69) is 10.2 Å². The number of fused-ring (bicyclic) bond motifs is 1. The van der Waals surface area contributed by atoms with E-state index in [0.29, 0.717) is 35.2 Å². The van der Waals surface area contributed by atoms with Crippen molar-refractivity contribution in [3.63, 3.8) is 0 Å². The molecule has 0 amide bonds. The van der Waals surface area contributed by atoms with Crippen molar-refractivity contribution < 1.29 is 24.1 Å². The Labute approximate surface area is 210 Å². The quantitative estimate of drug-likeness (QED) is 0.426. The summed E-state index contributed by atoms with van der Waals surface area (Å²) in [5.74, 6) is 1.10. The van der Waals surface area contributed by atoms with Gasteiger partial charge in [0.1, 0.15) is 13.2 Å². The molecule has 0 aliphatic heterocycles. The van der Waals surface area contributed by atoms with Crippen LogP contribution in [0.5, 0.6) is 17.4 Å². The summed E-state index contributed by atoms with van der Waals surface area (Å²) in [6.45, 7) is 11.9. The maximum atomic E-state index is 13.3. The minimum Gasteiger partial charge on any atom is -0.493 e. The number of benzene rings is 1. The number of hydrogen-bond acceptors (Lipinski definition) is 8. The number of ether oxygens (including phenoxy) is 3. The molecule has 0 saturated carbocycles. The van der Waals surface area contributed by atoms with Crippen molar-refractivity contribution in [3.05, 3.63) is 40.0 Å². The van der Waals surface area contributed by atoms with E-state index in [1.807, 2.05) is 41.5 Å². The van der Waals surface area contributed by atoms with E-state index >= 15 is 0 Å². The Bertz CT molecular complexity index is 1280. The molecule has 0 aliphatic carbocycles. The van der Waals surface area contributed by atoms with E-state index in [-0.39, 0.29) is 49.0 Å². The van der Waals surface area contributed by atoms with Gasteiger partial charge in [0.15, 0.2) is 22.9 Å². The molecule has 0 saturated heterocycles. The Kier molecular flexibility index (Phi) is 8.91. The first-order valence-corrected chi connectivity index (χ1v) is 11.2. The summed E-state index contributed by atoms with van der Waals surface area (Å²) in [4.78, 5) is 13.3. The highest BCUT2D eigenvalue weighted by atomic mass is 35.5. The van der Waals surface area contributed by atoms with Crippen LogP contribution in [0.1, 0.15) is 54.7 Å². The van der Waals surface area contributed by atoms with E-state index < -0.39 is 0 Å². The lowest BCUT2D eigenvalue weighted by atomic mass is 9.84. The molecule has 0 unspecified atom stereocenters. The SMILES string of the molecule is CCOc1nn2c(=N)n(CC(=O)c3cc(OCCO)c(OC)c(C(C)(C)C)c3)nc2c(C)c1C.Cl. The van der Waals surface area contributed by atoms with E-state index in [0.717, 1.165) is 16.7 Å². The van der Waals surface area contributed by atoms with Gasteiger partial charge < -0.3 is 19.3 Å². The van der Waals surface area contributed by atoms with Gasteiger partial charge in [0.2, 0.25) is 11.5 Å². The fraction of sp³-hybridized carbons (Fsp3) is 0.500. The highest BCUT2D eigenvalue weighted by Gasteiger charge is 2.25. The summed E-state index contributed by atoms with van der Waals surface area (Å²) in [6.07, 6.45) is 0. The molecule has 11 heteroatoms. The Morgan fingerprint density at radius 3 is 2.40 bits per heavy atom. The second-order valence-corrected chi connectivity index (χ2v) is 9.01. The first-order chi connectivity index (χ1) is 16.0. The van der Waals surface area contributed by atoms with Crippen LogP contribution in [0, 0.1) is 19.3 Å². The monoisotopic (exact) mass is 507 g/mol. The molecule has 35 heavy (non-hydrogen) atoms. The zero-order chi connectivity index (χ0) is 25.2. The van der Waals surface area contributed by atoms with E-state index in [1.54, 1.807) is 19.2 Å². The van der Waals surface area contributed by atoms with Crippen molar-refractivity contribution in [2.45, 2.75) is 53.5 Å². The number of aromatic nitrogens is 4. The van der Waals surface area contributed by atoms with Crippen molar-refractivity contribution in [2.75, 3.05) is 26.9 Å². The van der Waals surface area contributed by atoms with Gasteiger partial charge in [-0.05, 0) is 38.3 Å². The number of aliphatic hydroxyl groups is 1. The number of aryl methyl sites for hydroxylation is 1.